The highest BCUT2D eigenvalue weighted by Crippen LogP contribution is 2.37. The van der Waals surface area contributed by atoms with Gasteiger partial charge in [-0.2, -0.15) is 4.98 Å². The lowest BCUT2D eigenvalue weighted by molar-refractivity contribution is 0.398. The molecule has 0 aliphatic rings. The van der Waals surface area contributed by atoms with Crippen LogP contribution in [-0.4, -0.2) is 17.1 Å². The predicted octanol–water partition coefficient (Wildman–Crippen LogP) is 3.69. The molecule has 0 spiro atoms. The van der Waals surface area contributed by atoms with Crippen molar-refractivity contribution < 1.29 is 4.74 Å². The normalized spacial score (nSPS) is 10.4. The molecule has 1 aromatic carbocycles. The van der Waals surface area contributed by atoms with Gasteiger partial charge < -0.3 is 10.5 Å². The summed E-state index contributed by atoms with van der Waals surface area (Å²) in [7, 11) is 1.48. The third-order valence-electron chi connectivity index (χ3n) is 2.19. The molecule has 0 aliphatic heterocycles. The molecule has 2 N–H and O–H groups in total. The van der Waals surface area contributed by atoms with Crippen molar-refractivity contribution in [1.29, 1.82) is 0 Å². The minimum Gasteiger partial charge on any atom is -0.481 e. The van der Waals surface area contributed by atoms with E-state index in [2.05, 4.69) is 9.97 Å². The number of nitrogen functional groups attached to an aromatic ring is 1. The van der Waals surface area contributed by atoms with Crippen molar-refractivity contribution in [3.05, 3.63) is 33.3 Å². The summed E-state index contributed by atoms with van der Waals surface area (Å²) >= 11 is 18.1. The number of aromatic nitrogens is 2. The smallest absolute Gasteiger partial charge is 0.223 e. The second-order valence-corrected chi connectivity index (χ2v) is 4.65. The molecular weight excluding hydrogens is 296 g/mol. The van der Waals surface area contributed by atoms with E-state index in [4.69, 9.17) is 45.3 Å². The molecule has 0 radical (unpaired) electrons. The van der Waals surface area contributed by atoms with Crippen molar-refractivity contribution in [2.45, 2.75) is 0 Å². The largest absolute Gasteiger partial charge is 0.481 e. The Hall–Kier alpha value is -1.23. The Morgan fingerprint density at radius 1 is 1.06 bits per heavy atom. The highest BCUT2D eigenvalue weighted by atomic mass is 35.5. The summed E-state index contributed by atoms with van der Waals surface area (Å²) in [6, 6.07) is 4.75. The lowest BCUT2D eigenvalue weighted by Crippen LogP contribution is -1.99. The van der Waals surface area contributed by atoms with Gasteiger partial charge in [-0.3, -0.25) is 0 Å². The van der Waals surface area contributed by atoms with Crippen LogP contribution in [-0.2, 0) is 0 Å². The SMILES string of the molecule is COc1cc(-c2c(Cl)cc(Cl)cc2Cl)nc(N)n1. The van der Waals surface area contributed by atoms with Crippen LogP contribution >= 0.6 is 34.8 Å². The van der Waals surface area contributed by atoms with Crippen LogP contribution in [0.1, 0.15) is 0 Å². The van der Waals surface area contributed by atoms with E-state index >= 15 is 0 Å². The Labute approximate surface area is 119 Å². The van der Waals surface area contributed by atoms with Crippen LogP contribution in [0.5, 0.6) is 5.88 Å². The van der Waals surface area contributed by atoms with Gasteiger partial charge in [0.05, 0.1) is 22.8 Å². The van der Waals surface area contributed by atoms with Crippen LogP contribution in [0, 0.1) is 0 Å². The van der Waals surface area contributed by atoms with Gasteiger partial charge in [-0.15, -0.1) is 0 Å². The van der Waals surface area contributed by atoms with E-state index in [9.17, 15) is 0 Å². The second-order valence-electron chi connectivity index (χ2n) is 3.40. The summed E-state index contributed by atoms with van der Waals surface area (Å²) in [5.74, 6) is 0.408. The van der Waals surface area contributed by atoms with Gasteiger partial charge in [-0.05, 0) is 12.1 Å². The van der Waals surface area contributed by atoms with Crippen molar-refractivity contribution in [2.75, 3.05) is 12.8 Å². The number of nitrogens with two attached hydrogens (primary N) is 1. The lowest BCUT2D eigenvalue weighted by atomic mass is 10.1. The molecule has 2 rings (SSSR count). The van der Waals surface area contributed by atoms with E-state index in [0.29, 0.717) is 32.2 Å². The summed E-state index contributed by atoms with van der Waals surface area (Å²) in [5.41, 5.74) is 6.60. The fourth-order valence-corrected chi connectivity index (χ4v) is 2.47. The maximum atomic E-state index is 6.11. The molecule has 0 amide bonds. The maximum absolute atomic E-state index is 6.11. The third kappa shape index (κ3) is 2.61. The molecule has 7 heteroatoms. The third-order valence-corrected chi connectivity index (χ3v) is 3.01. The molecule has 18 heavy (non-hydrogen) atoms. The fourth-order valence-electron chi connectivity index (χ4n) is 1.46. The zero-order valence-corrected chi connectivity index (χ0v) is 11.5. The number of methoxy groups -OCH3 is 1. The van der Waals surface area contributed by atoms with E-state index in [1.165, 1.54) is 7.11 Å². The van der Waals surface area contributed by atoms with Crippen molar-refractivity contribution >= 4 is 40.8 Å². The second kappa shape index (κ2) is 5.18. The Morgan fingerprint density at radius 2 is 1.67 bits per heavy atom. The molecule has 0 unspecified atom stereocenters. The molecule has 1 heterocycles. The minimum absolute atomic E-state index is 0.0754. The highest BCUT2D eigenvalue weighted by molar-refractivity contribution is 6.41. The average Bonchev–Trinajstić information content (AvgIpc) is 2.26. The predicted molar refractivity (Wildman–Crippen MR) is 73.5 cm³/mol. The van der Waals surface area contributed by atoms with Crippen molar-refractivity contribution in [3.8, 4) is 17.1 Å². The summed E-state index contributed by atoms with van der Waals surface area (Å²) < 4.78 is 5.02. The monoisotopic (exact) mass is 303 g/mol. The molecule has 0 saturated carbocycles. The zero-order valence-electron chi connectivity index (χ0n) is 9.25. The Morgan fingerprint density at radius 3 is 2.22 bits per heavy atom. The first kappa shape index (κ1) is 13.2. The van der Waals surface area contributed by atoms with Crippen LogP contribution in [0.4, 0.5) is 5.95 Å². The van der Waals surface area contributed by atoms with Crippen molar-refractivity contribution in [2.24, 2.45) is 0 Å². The lowest BCUT2D eigenvalue weighted by Gasteiger charge is -2.09. The standard InChI is InChI=1S/C11H8Cl3N3O/c1-18-9-4-8(16-11(15)17-9)10-6(13)2-5(12)3-7(10)14/h2-4H,1H3,(H2,15,16,17). The number of benzene rings is 1. The first-order chi connectivity index (χ1) is 8.51. The van der Waals surface area contributed by atoms with Crippen LogP contribution in [0.2, 0.25) is 15.1 Å². The maximum Gasteiger partial charge on any atom is 0.223 e. The van der Waals surface area contributed by atoms with E-state index in [1.54, 1.807) is 18.2 Å². The number of rotatable bonds is 2. The Bertz CT molecular complexity index is 581. The van der Waals surface area contributed by atoms with Crippen LogP contribution in [0.25, 0.3) is 11.3 Å². The first-order valence-corrected chi connectivity index (χ1v) is 5.98. The van der Waals surface area contributed by atoms with Gasteiger partial charge in [0.2, 0.25) is 11.8 Å². The van der Waals surface area contributed by atoms with Gasteiger partial charge in [0, 0.05) is 16.7 Å². The van der Waals surface area contributed by atoms with Crippen LogP contribution in [0.15, 0.2) is 18.2 Å². The van der Waals surface area contributed by atoms with Gasteiger partial charge in [0.15, 0.2) is 0 Å². The van der Waals surface area contributed by atoms with E-state index in [1.807, 2.05) is 0 Å². The van der Waals surface area contributed by atoms with Crippen molar-refractivity contribution in [3.63, 3.8) is 0 Å². The molecule has 0 fully saturated rings. The molecule has 1 aromatic heterocycles. The molecule has 0 atom stereocenters. The highest BCUT2D eigenvalue weighted by Gasteiger charge is 2.13. The first-order valence-electron chi connectivity index (χ1n) is 4.84. The summed E-state index contributed by atoms with van der Waals surface area (Å²) in [4.78, 5) is 7.96. The van der Waals surface area contributed by atoms with E-state index in [0.717, 1.165) is 0 Å². The van der Waals surface area contributed by atoms with E-state index < -0.39 is 0 Å². The topological polar surface area (TPSA) is 61.0 Å². The fraction of sp³-hybridized carbons (Fsp3) is 0.0909. The molecule has 4 nitrogen and oxygen atoms in total. The van der Waals surface area contributed by atoms with Crippen LogP contribution < -0.4 is 10.5 Å². The van der Waals surface area contributed by atoms with Gasteiger partial charge in [0.25, 0.3) is 0 Å². The molecule has 0 aliphatic carbocycles. The van der Waals surface area contributed by atoms with Gasteiger partial charge in [-0.1, -0.05) is 34.8 Å². The number of halogens is 3. The van der Waals surface area contributed by atoms with E-state index in [-0.39, 0.29) is 5.95 Å². The molecule has 0 saturated heterocycles. The number of hydrogen-bond donors (Lipinski definition) is 1. The average molecular weight is 305 g/mol. The van der Waals surface area contributed by atoms with Crippen molar-refractivity contribution in [1.82, 2.24) is 9.97 Å². The number of ether oxygens (including phenoxy) is 1. The van der Waals surface area contributed by atoms with Crippen LogP contribution in [0.3, 0.4) is 0 Å². The summed E-state index contributed by atoms with van der Waals surface area (Å²) in [5, 5.41) is 1.21. The minimum atomic E-state index is 0.0754. The molecule has 94 valence electrons. The number of hydrogen-bond acceptors (Lipinski definition) is 4. The summed E-state index contributed by atoms with van der Waals surface area (Å²) in [6.07, 6.45) is 0. The Balaban J connectivity index is 2.65. The quantitative estimate of drug-likeness (QED) is 0.919. The van der Waals surface area contributed by atoms with Gasteiger partial charge in [-0.25, -0.2) is 4.98 Å². The number of nitrogens with zero attached hydrogens (tertiary/aromatic N) is 2. The summed E-state index contributed by atoms with van der Waals surface area (Å²) in [6.45, 7) is 0. The molecular formula is C11H8Cl3N3O. The zero-order chi connectivity index (χ0) is 13.3. The number of anilines is 1. The Kier molecular flexibility index (Phi) is 3.80. The van der Waals surface area contributed by atoms with Gasteiger partial charge >= 0.3 is 0 Å². The molecule has 0 bridgehead atoms. The van der Waals surface area contributed by atoms with Gasteiger partial charge in [0.1, 0.15) is 0 Å². The molecule has 2 aromatic rings.